The molecule has 2 fully saturated rings. The zero-order valence-electron chi connectivity index (χ0n) is 9.26. The fourth-order valence-corrected chi connectivity index (χ4v) is 3.89. The van der Waals surface area contributed by atoms with E-state index in [0.717, 1.165) is 24.2 Å². The maximum atomic E-state index is 2.49. The highest BCUT2D eigenvalue weighted by atomic mass is 14.3. The van der Waals surface area contributed by atoms with Crippen molar-refractivity contribution in [1.29, 1.82) is 0 Å². The maximum Gasteiger partial charge on any atom is 0.149 e. The molecule has 2 heterocycles. The predicted octanol–water partition coefficient (Wildman–Crippen LogP) is 4.39. The lowest BCUT2D eigenvalue weighted by Gasteiger charge is -2.24. The van der Waals surface area contributed by atoms with E-state index in [2.05, 4.69) is 13.8 Å². The molecule has 2 saturated heterocycles. The first kappa shape index (κ1) is 9.61. The molecular weight excluding hydrogens is 155 g/mol. The van der Waals surface area contributed by atoms with E-state index >= 15 is 0 Å². The van der Waals surface area contributed by atoms with Crippen molar-refractivity contribution >= 4 is 6.71 Å². The van der Waals surface area contributed by atoms with Crippen molar-refractivity contribution < 1.29 is 0 Å². The molecule has 0 nitrogen and oxygen atoms in total. The van der Waals surface area contributed by atoms with Gasteiger partial charge < -0.3 is 0 Å². The van der Waals surface area contributed by atoms with E-state index in [4.69, 9.17) is 0 Å². The Labute approximate surface area is 83.6 Å². The van der Waals surface area contributed by atoms with Crippen molar-refractivity contribution in [1.82, 2.24) is 0 Å². The van der Waals surface area contributed by atoms with Crippen LogP contribution in [-0.2, 0) is 0 Å². The molecule has 0 amide bonds. The summed E-state index contributed by atoms with van der Waals surface area (Å²) in [5, 5.41) is 0. The zero-order chi connectivity index (χ0) is 9.26. The van der Waals surface area contributed by atoms with Gasteiger partial charge in [0.15, 0.2) is 0 Å². The average molecular weight is 178 g/mol. The zero-order valence-corrected chi connectivity index (χ0v) is 9.26. The van der Waals surface area contributed by atoms with Gasteiger partial charge >= 0.3 is 0 Å². The van der Waals surface area contributed by atoms with Crippen LogP contribution in [0.4, 0.5) is 0 Å². The minimum atomic E-state index is 0.996. The Morgan fingerprint density at radius 2 is 1.62 bits per heavy atom. The monoisotopic (exact) mass is 178 g/mol. The Bertz CT molecular complexity index is 153. The molecule has 2 bridgehead atoms. The van der Waals surface area contributed by atoms with Crippen LogP contribution in [-0.4, -0.2) is 6.71 Å². The summed E-state index contributed by atoms with van der Waals surface area (Å²) < 4.78 is 0. The second-order valence-electron chi connectivity index (χ2n) is 5.34. The molecule has 2 aliphatic rings. The summed E-state index contributed by atoms with van der Waals surface area (Å²) in [4.78, 5) is 0. The van der Waals surface area contributed by atoms with Gasteiger partial charge in [-0.3, -0.25) is 0 Å². The highest BCUT2D eigenvalue weighted by Gasteiger charge is 2.42. The van der Waals surface area contributed by atoms with Crippen LogP contribution in [0.15, 0.2) is 0 Å². The van der Waals surface area contributed by atoms with Crippen molar-refractivity contribution in [2.45, 2.75) is 76.2 Å². The van der Waals surface area contributed by atoms with Crippen LogP contribution >= 0.6 is 0 Å². The van der Waals surface area contributed by atoms with Crippen molar-refractivity contribution in [3.8, 4) is 0 Å². The predicted molar refractivity (Wildman–Crippen MR) is 60.7 cm³/mol. The van der Waals surface area contributed by atoms with E-state index in [1.165, 1.54) is 19.3 Å². The highest BCUT2D eigenvalue weighted by Crippen LogP contribution is 2.51. The molecule has 2 aliphatic heterocycles. The first-order chi connectivity index (χ1) is 6.33. The lowest BCUT2D eigenvalue weighted by molar-refractivity contribution is 0.548. The molecule has 0 N–H and O–H groups in total. The van der Waals surface area contributed by atoms with Gasteiger partial charge in [-0.05, 0) is 0 Å². The molecule has 1 heteroatoms. The van der Waals surface area contributed by atoms with Gasteiger partial charge in [0.05, 0.1) is 0 Å². The molecular formula is C12H23B. The minimum Gasteiger partial charge on any atom is -0.0691 e. The number of fused-ring (bicyclic) bond motifs is 2. The van der Waals surface area contributed by atoms with Crippen molar-refractivity contribution in [2.75, 3.05) is 0 Å². The highest BCUT2D eigenvalue weighted by molar-refractivity contribution is 6.64. The third-order valence-electron chi connectivity index (χ3n) is 4.70. The second kappa shape index (κ2) is 4.06. The molecule has 0 saturated carbocycles. The summed E-state index contributed by atoms with van der Waals surface area (Å²) in [7, 11) is 0. The Balaban J connectivity index is 2.07. The third kappa shape index (κ3) is 1.80. The van der Waals surface area contributed by atoms with E-state index in [-0.39, 0.29) is 0 Å². The molecule has 13 heavy (non-hydrogen) atoms. The van der Waals surface area contributed by atoms with Gasteiger partial charge in [0.2, 0.25) is 0 Å². The van der Waals surface area contributed by atoms with E-state index in [9.17, 15) is 0 Å². The fourth-order valence-electron chi connectivity index (χ4n) is 3.89. The van der Waals surface area contributed by atoms with Crippen LogP contribution in [0.3, 0.4) is 0 Å². The summed E-state index contributed by atoms with van der Waals surface area (Å²) >= 11 is 0. The van der Waals surface area contributed by atoms with Crippen LogP contribution < -0.4 is 0 Å². The Kier molecular flexibility index (Phi) is 3.01. The second-order valence-corrected chi connectivity index (χ2v) is 5.34. The Hall–Kier alpha value is 0.0649. The van der Waals surface area contributed by atoms with Crippen LogP contribution in [0, 0.1) is 0 Å². The normalized spacial score (nSPS) is 36.0. The molecule has 0 aromatic rings. The molecule has 0 radical (unpaired) electrons. The lowest BCUT2D eigenvalue weighted by atomic mass is 9.30. The maximum absolute atomic E-state index is 2.49. The van der Waals surface area contributed by atoms with Gasteiger partial charge in [-0.1, -0.05) is 76.2 Å². The van der Waals surface area contributed by atoms with Crippen LogP contribution in [0.2, 0.25) is 17.5 Å². The quantitative estimate of drug-likeness (QED) is 0.550. The minimum absolute atomic E-state index is 0.996. The SMILES string of the molecule is CC[C@@H](C)B1[C@@H]2CCCC[C@H]1CC2. The summed E-state index contributed by atoms with van der Waals surface area (Å²) in [6.07, 6.45) is 10.6. The van der Waals surface area contributed by atoms with E-state index < -0.39 is 0 Å². The number of hydrogen-bond donors (Lipinski definition) is 0. The van der Waals surface area contributed by atoms with Gasteiger partial charge in [-0.2, -0.15) is 0 Å². The van der Waals surface area contributed by atoms with Crippen molar-refractivity contribution in [3.63, 3.8) is 0 Å². The third-order valence-corrected chi connectivity index (χ3v) is 4.70. The molecule has 0 aliphatic carbocycles. The Morgan fingerprint density at radius 3 is 2.08 bits per heavy atom. The summed E-state index contributed by atoms with van der Waals surface area (Å²) in [5.74, 6) is 3.22. The van der Waals surface area contributed by atoms with E-state index in [1.807, 2.05) is 0 Å². The lowest BCUT2D eigenvalue weighted by Crippen LogP contribution is -2.23. The largest absolute Gasteiger partial charge is 0.149 e. The van der Waals surface area contributed by atoms with Crippen LogP contribution in [0.1, 0.15) is 58.8 Å². The van der Waals surface area contributed by atoms with Crippen molar-refractivity contribution in [2.24, 2.45) is 0 Å². The van der Waals surface area contributed by atoms with Gasteiger partial charge in [0, 0.05) is 0 Å². The van der Waals surface area contributed by atoms with E-state index in [0.29, 0.717) is 0 Å². The average Bonchev–Trinajstić information content (AvgIpc) is 2.38. The topological polar surface area (TPSA) is 0 Å². The van der Waals surface area contributed by atoms with E-state index in [1.54, 1.807) is 25.7 Å². The summed E-state index contributed by atoms with van der Waals surface area (Å²) in [5.41, 5.74) is 0. The Morgan fingerprint density at radius 1 is 1.08 bits per heavy atom. The number of rotatable bonds is 2. The van der Waals surface area contributed by atoms with Gasteiger partial charge in [-0.25, -0.2) is 0 Å². The van der Waals surface area contributed by atoms with Gasteiger partial charge in [0.25, 0.3) is 0 Å². The standard InChI is InChI=1S/C12H23B/c1-3-10(2)13-11-6-4-5-7-12(13)9-8-11/h10-12H,3-9H2,1-2H3/t10-,11-,12+/m1/s1. The molecule has 0 unspecified atom stereocenters. The van der Waals surface area contributed by atoms with Crippen molar-refractivity contribution in [3.05, 3.63) is 0 Å². The molecule has 0 aromatic heterocycles. The molecule has 0 aromatic carbocycles. The molecule has 74 valence electrons. The van der Waals surface area contributed by atoms with Gasteiger partial charge in [0.1, 0.15) is 6.71 Å². The summed E-state index contributed by atoms with van der Waals surface area (Å²) in [6.45, 7) is 5.96. The summed E-state index contributed by atoms with van der Waals surface area (Å²) in [6, 6.07) is 0. The molecule has 2 rings (SSSR count). The van der Waals surface area contributed by atoms with Gasteiger partial charge in [-0.15, -0.1) is 0 Å². The first-order valence-corrected chi connectivity index (χ1v) is 6.33. The first-order valence-electron chi connectivity index (χ1n) is 6.33. The molecule has 0 spiro atoms. The molecule has 3 atom stereocenters. The smallest absolute Gasteiger partial charge is 0.0691 e. The van der Waals surface area contributed by atoms with Crippen LogP contribution in [0.25, 0.3) is 0 Å². The fraction of sp³-hybridized carbons (Fsp3) is 1.00. The number of hydrogen-bond acceptors (Lipinski definition) is 0. The van der Waals surface area contributed by atoms with Crippen LogP contribution in [0.5, 0.6) is 0 Å².